The highest BCUT2D eigenvalue weighted by Gasteiger charge is 2.26. The largest absolute Gasteiger partial charge is 0.491 e. The average Bonchev–Trinajstić information content (AvgIpc) is 3.36. The van der Waals surface area contributed by atoms with Gasteiger partial charge in [-0.2, -0.15) is 0 Å². The molecule has 32 heavy (non-hydrogen) atoms. The predicted molar refractivity (Wildman–Crippen MR) is 121 cm³/mol. The van der Waals surface area contributed by atoms with Crippen molar-refractivity contribution in [2.75, 3.05) is 11.9 Å². The number of fused-ring (bicyclic) bond motifs is 2. The molecule has 1 aliphatic carbocycles. The number of anilines is 1. The van der Waals surface area contributed by atoms with Crippen molar-refractivity contribution in [3.63, 3.8) is 0 Å². The number of thiazole rings is 1. The van der Waals surface area contributed by atoms with E-state index in [-0.39, 0.29) is 29.3 Å². The van der Waals surface area contributed by atoms with Gasteiger partial charge in [0.05, 0.1) is 23.0 Å². The number of rotatable bonds is 6. The highest BCUT2D eigenvalue weighted by Crippen LogP contribution is 2.37. The maximum absolute atomic E-state index is 14.7. The van der Waals surface area contributed by atoms with E-state index in [1.54, 1.807) is 13.0 Å². The number of halogens is 2. The van der Waals surface area contributed by atoms with E-state index in [1.165, 1.54) is 36.3 Å². The lowest BCUT2D eigenvalue weighted by molar-refractivity contribution is 0.0965. The highest BCUT2D eigenvalue weighted by atomic mass is 35.5. The van der Waals surface area contributed by atoms with Crippen LogP contribution >= 0.6 is 22.9 Å². The molecule has 1 aliphatic heterocycles. The zero-order valence-corrected chi connectivity index (χ0v) is 18.7. The zero-order valence-electron chi connectivity index (χ0n) is 17.1. The Balaban J connectivity index is 1.30. The van der Waals surface area contributed by atoms with Crippen molar-refractivity contribution in [2.45, 2.75) is 32.4 Å². The fourth-order valence-corrected chi connectivity index (χ4v) is 4.85. The van der Waals surface area contributed by atoms with Gasteiger partial charge in [0.1, 0.15) is 16.3 Å². The number of benzene rings is 2. The third-order valence-corrected chi connectivity index (χ3v) is 6.90. The molecule has 0 radical (unpaired) electrons. The molecule has 0 bridgehead atoms. The number of aromatic nitrogens is 1. The smallest absolute Gasteiger partial charge is 0.319 e. The van der Waals surface area contributed by atoms with E-state index in [2.05, 4.69) is 20.9 Å². The van der Waals surface area contributed by atoms with Gasteiger partial charge in [-0.15, -0.1) is 11.3 Å². The molecule has 3 aromatic rings. The Labute approximate surface area is 192 Å². The summed E-state index contributed by atoms with van der Waals surface area (Å²) in [7, 11) is 0. The number of hydrogen-bond acceptors (Lipinski definition) is 5. The Kier molecular flexibility index (Phi) is 5.38. The van der Waals surface area contributed by atoms with Crippen molar-refractivity contribution >= 4 is 50.8 Å². The van der Waals surface area contributed by atoms with Gasteiger partial charge >= 0.3 is 6.03 Å². The van der Waals surface area contributed by atoms with Crippen LogP contribution in [0.15, 0.2) is 24.3 Å². The van der Waals surface area contributed by atoms with Crippen molar-refractivity contribution in [1.82, 2.24) is 15.6 Å². The molecule has 10 heteroatoms. The fraction of sp³-hybridized carbons (Fsp3) is 0.318. The molecule has 5 rings (SSSR count). The molecular weight excluding hydrogens is 455 g/mol. The lowest BCUT2D eigenvalue weighted by Crippen LogP contribution is -2.31. The first-order chi connectivity index (χ1) is 15.4. The van der Waals surface area contributed by atoms with E-state index < -0.39 is 17.9 Å². The molecule has 3 N–H and O–H groups in total. The standard InChI is InChI=1S/C22H20ClFN4O3S/c1-10(26-22(30)27-15-5-4-13-14(18(15)24)8-25-20(13)29)21-28-19-16(31-9-11-2-3-11)6-12(23)7-17(19)32-21/h4-7,10-11H,2-3,8-9H2,1H3,(H,25,29)(H2,26,27,30)/t10-/m0/s1. The second-order valence-corrected chi connectivity index (χ2v) is 9.51. The molecule has 166 valence electrons. The van der Waals surface area contributed by atoms with E-state index in [4.69, 9.17) is 16.3 Å². The van der Waals surface area contributed by atoms with Gasteiger partial charge in [0.2, 0.25) is 0 Å². The molecule has 0 saturated heterocycles. The first-order valence-electron chi connectivity index (χ1n) is 10.3. The second-order valence-electron chi connectivity index (χ2n) is 8.01. The van der Waals surface area contributed by atoms with Gasteiger partial charge < -0.3 is 20.7 Å². The number of carbonyl (C=O) groups is 2. The van der Waals surface area contributed by atoms with Gasteiger partial charge in [0.25, 0.3) is 5.91 Å². The van der Waals surface area contributed by atoms with Crippen LogP contribution in [-0.4, -0.2) is 23.5 Å². The Bertz CT molecular complexity index is 1240. The molecule has 2 aliphatic rings. The molecule has 1 saturated carbocycles. The highest BCUT2D eigenvalue weighted by molar-refractivity contribution is 7.18. The third kappa shape index (κ3) is 4.10. The topological polar surface area (TPSA) is 92.4 Å². The molecular formula is C22H20ClFN4O3S. The zero-order chi connectivity index (χ0) is 22.4. The van der Waals surface area contributed by atoms with Crippen LogP contribution in [0.1, 0.15) is 46.7 Å². The molecule has 0 spiro atoms. The lowest BCUT2D eigenvalue weighted by atomic mass is 10.1. The number of carbonyl (C=O) groups excluding carboxylic acids is 2. The van der Waals surface area contributed by atoms with Gasteiger partial charge in [-0.05, 0) is 43.9 Å². The van der Waals surface area contributed by atoms with Gasteiger partial charge in [-0.1, -0.05) is 11.6 Å². The van der Waals surface area contributed by atoms with Gasteiger partial charge in [0.15, 0.2) is 5.82 Å². The fourth-order valence-electron chi connectivity index (χ4n) is 3.56. The molecule has 1 fully saturated rings. The molecule has 1 aromatic heterocycles. The minimum Gasteiger partial charge on any atom is -0.491 e. The van der Waals surface area contributed by atoms with Crippen LogP contribution in [0.2, 0.25) is 5.02 Å². The normalized spacial score (nSPS) is 15.9. The summed E-state index contributed by atoms with van der Waals surface area (Å²) in [6.07, 6.45) is 2.36. The van der Waals surface area contributed by atoms with Crippen LogP contribution in [0.25, 0.3) is 10.2 Å². The van der Waals surface area contributed by atoms with Crippen LogP contribution in [-0.2, 0) is 6.54 Å². The summed E-state index contributed by atoms with van der Waals surface area (Å²) in [6.45, 7) is 2.55. The van der Waals surface area contributed by atoms with Gasteiger partial charge in [-0.25, -0.2) is 14.2 Å². The molecule has 0 unspecified atom stereocenters. The van der Waals surface area contributed by atoms with Crippen LogP contribution in [0.4, 0.5) is 14.9 Å². The van der Waals surface area contributed by atoms with Crippen molar-refractivity contribution < 1.29 is 18.7 Å². The van der Waals surface area contributed by atoms with Crippen molar-refractivity contribution in [3.8, 4) is 5.75 Å². The van der Waals surface area contributed by atoms with Gasteiger partial charge in [-0.3, -0.25) is 4.79 Å². The summed E-state index contributed by atoms with van der Waals surface area (Å²) in [5.41, 5.74) is 1.26. The summed E-state index contributed by atoms with van der Waals surface area (Å²) in [4.78, 5) is 28.8. The maximum atomic E-state index is 14.7. The third-order valence-electron chi connectivity index (χ3n) is 5.49. The Morgan fingerprint density at radius 1 is 1.41 bits per heavy atom. The molecule has 3 amide bonds. The number of hydrogen-bond donors (Lipinski definition) is 3. The monoisotopic (exact) mass is 474 g/mol. The van der Waals surface area contributed by atoms with E-state index in [1.807, 2.05) is 6.07 Å². The predicted octanol–water partition coefficient (Wildman–Crippen LogP) is 5.00. The van der Waals surface area contributed by atoms with Crippen LogP contribution in [0, 0.1) is 11.7 Å². The van der Waals surface area contributed by atoms with Crippen molar-refractivity contribution in [1.29, 1.82) is 0 Å². The average molecular weight is 475 g/mol. The minimum absolute atomic E-state index is 0.0109. The van der Waals surface area contributed by atoms with Crippen molar-refractivity contribution in [2.24, 2.45) is 5.92 Å². The number of urea groups is 1. The number of nitrogens with one attached hydrogen (secondary N) is 3. The van der Waals surface area contributed by atoms with Crippen LogP contribution < -0.4 is 20.7 Å². The summed E-state index contributed by atoms with van der Waals surface area (Å²) in [5, 5.41) is 9.11. The van der Waals surface area contributed by atoms with E-state index in [9.17, 15) is 14.0 Å². The molecule has 1 atom stereocenters. The first-order valence-corrected chi connectivity index (χ1v) is 11.5. The summed E-state index contributed by atoms with van der Waals surface area (Å²) < 4.78 is 21.4. The Morgan fingerprint density at radius 2 is 2.22 bits per heavy atom. The van der Waals surface area contributed by atoms with Crippen LogP contribution in [0.5, 0.6) is 5.75 Å². The van der Waals surface area contributed by atoms with Crippen LogP contribution in [0.3, 0.4) is 0 Å². The quantitative estimate of drug-likeness (QED) is 0.468. The Hall–Kier alpha value is -2.91. The molecule has 7 nitrogen and oxygen atoms in total. The first kappa shape index (κ1) is 21.0. The van der Waals surface area contributed by atoms with Crippen molar-refractivity contribution in [3.05, 3.63) is 51.2 Å². The number of nitrogens with zero attached hydrogens (tertiary/aromatic N) is 1. The molecule has 2 heterocycles. The SMILES string of the molecule is C[C@H](NC(=O)Nc1ccc2c(c1F)CNC2=O)c1nc2c(OCC3CC3)cc(Cl)cc2s1. The summed E-state index contributed by atoms with van der Waals surface area (Å²) in [5.74, 6) is 0.303. The second kappa shape index (κ2) is 8.22. The maximum Gasteiger partial charge on any atom is 0.319 e. The van der Waals surface area contributed by atoms with E-state index >= 15 is 0 Å². The summed E-state index contributed by atoms with van der Waals surface area (Å²) >= 11 is 7.65. The minimum atomic E-state index is -0.615. The molecule has 2 aromatic carbocycles. The van der Waals surface area contributed by atoms with Gasteiger partial charge in [0, 0.05) is 28.8 Å². The number of ether oxygens (including phenoxy) is 1. The van der Waals surface area contributed by atoms with E-state index in [0.29, 0.717) is 33.8 Å². The summed E-state index contributed by atoms with van der Waals surface area (Å²) in [6, 6.07) is 5.47. The van der Waals surface area contributed by atoms with E-state index in [0.717, 1.165) is 4.70 Å². The Morgan fingerprint density at radius 3 is 3.00 bits per heavy atom. The lowest BCUT2D eigenvalue weighted by Gasteiger charge is -2.13. The number of amides is 3.